The van der Waals surface area contributed by atoms with Gasteiger partial charge in [0.15, 0.2) is 5.16 Å². The fourth-order valence-electron chi connectivity index (χ4n) is 3.59. The first-order valence-electron chi connectivity index (χ1n) is 9.76. The highest BCUT2D eigenvalue weighted by Gasteiger charge is 2.25. The molecule has 1 fully saturated rings. The number of benzene rings is 1. The molecule has 29 heavy (non-hydrogen) atoms. The first-order chi connectivity index (χ1) is 14.1. The van der Waals surface area contributed by atoms with Crippen LogP contribution in [0, 0.1) is 5.92 Å². The van der Waals surface area contributed by atoms with E-state index in [2.05, 4.69) is 15.5 Å². The van der Waals surface area contributed by atoms with Gasteiger partial charge in [0.1, 0.15) is 18.1 Å². The predicted molar refractivity (Wildman–Crippen MR) is 109 cm³/mol. The predicted octanol–water partition coefficient (Wildman–Crippen LogP) is 2.91. The molecule has 0 bridgehead atoms. The Bertz CT molecular complexity index is 818. The number of hydrogen-bond donors (Lipinski definition) is 2. The van der Waals surface area contributed by atoms with Gasteiger partial charge in [-0.05, 0) is 36.6 Å². The highest BCUT2D eigenvalue weighted by atomic mass is 32.2. The quantitative estimate of drug-likeness (QED) is 0.603. The van der Waals surface area contributed by atoms with Crippen LogP contribution in [0.25, 0.3) is 5.69 Å². The zero-order chi connectivity index (χ0) is 20.6. The van der Waals surface area contributed by atoms with Crippen molar-refractivity contribution in [2.24, 2.45) is 5.92 Å². The molecule has 2 aromatic rings. The van der Waals surface area contributed by atoms with Crippen molar-refractivity contribution in [3.05, 3.63) is 30.6 Å². The van der Waals surface area contributed by atoms with Gasteiger partial charge in [-0.2, -0.15) is 0 Å². The normalized spacial score (nSPS) is 15.6. The van der Waals surface area contributed by atoms with Crippen LogP contribution in [-0.2, 0) is 9.59 Å². The number of thioether (sulfide) groups is 1. The van der Waals surface area contributed by atoms with Crippen molar-refractivity contribution in [3.63, 3.8) is 0 Å². The Hall–Kier alpha value is -2.55. The Kier molecular flexibility index (Phi) is 7.51. The molecule has 0 saturated heterocycles. The summed E-state index contributed by atoms with van der Waals surface area (Å²) < 4.78 is 6.93. The molecule has 156 valence electrons. The number of hydrogen-bond acceptors (Lipinski definition) is 6. The number of ether oxygens (including phenoxy) is 1. The van der Waals surface area contributed by atoms with Gasteiger partial charge in [-0.15, -0.1) is 10.2 Å². The lowest BCUT2D eigenvalue weighted by molar-refractivity contribution is -0.142. The molecule has 9 heteroatoms. The van der Waals surface area contributed by atoms with Crippen LogP contribution in [0.3, 0.4) is 0 Å². The van der Waals surface area contributed by atoms with Crippen molar-refractivity contribution < 1.29 is 19.4 Å². The first-order valence-corrected chi connectivity index (χ1v) is 10.7. The lowest BCUT2D eigenvalue weighted by Crippen LogP contribution is -2.43. The van der Waals surface area contributed by atoms with Crippen LogP contribution in [0.4, 0.5) is 0 Å². The number of carbonyl (C=O) groups excluding carboxylic acids is 1. The van der Waals surface area contributed by atoms with E-state index in [1.54, 1.807) is 18.0 Å². The number of nitrogens with one attached hydrogen (secondary N) is 1. The van der Waals surface area contributed by atoms with E-state index in [1.807, 2.05) is 24.3 Å². The van der Waals surface area contributed by atoms with Gasteiger partial charge in [0.2, 0.25) is 5.91 Å². The summed E-state index contributed by atoms with van der Waals surface area (Å²) in [6.07, 6.45) is 7.65. The maximum atomic E-state index is 12.4. The summed E-state index contributed by atoms with van der Waals surface area (Å²) >= 11 is 1.22. The standard InChI is InChI=1S/C20H26N4O4S/c1-28-16-9-7-15(8-10-16)24-13-21-23-20(24)29-12-18(25)22-17(19(26)27)11-14-5-3-2-4-6-14/h7-10,13-14,17H,2-6,11-12H2,1H3,(H,22,25)(H,26,27). The summed E-state index contributed by atoms with van der Waals surface area (Å²) in [6.45, 7) is 0. The summed E-state index contributed by atoms with van der Waals surface area (Å²) in [7, 11) is 1.60. The van der Waals surface area contributed by atoms with Gasteiger partial charge < -0.3 is 15.2 Å². The molecular formula is C20H26N4O4S. The Balaban J connectivity index is 1.55. The first kappa shape index (κ1) is 21.2. The molecule has 1 aliphatic rings. The van der Waals surface area contributed by atoms with Crippen molar-refractivity contribution in [2.45, 2.75) is 49.7 Å². The summed E-state index contributed by atoms with van der Waals surface area (Å²) in [5, 5.41) is 20.7. The van der Waals surface area contributed by atoms with E-state index in [0.29, 0.717) is 17.5 Å². The molecule has 1 saturated carbocycles. The molecule has 3 rings (SSSR count). The third-order valence-corrected chi connectivity index (χ3v) is 6.07. The van der Waals surface area contributed by atoms with Crippen LogP contribution in [0.2, 0.25) is 0 Å². The Labute approximate surface area is 174 Å². The van der Waals surface area contributed by atoms with Crippen molar-refractivity contribution in [2.75, 3.05) is 12.9 Å². The molecule has 1 aromatic carbocycles. The van der Waals surface area contributed by atoms with Crippen molar-refractivity contribution in [1.29, 1.82) is 0 Å². The van der Waals surface area contributed by atoms with Crippen LogP contribution >= 0.6 is 11.8 Å². The third kappa shape index (κ3) is 5.96. The lowest BCUT2D eigenvalue weighted by atomic mass is 9.85. The molecule has 1 aromatic heterocycles. The molecule has 1 unspecified atom stereocenters. The molecule has 0 aliphatic heterocycles. The molecule has 1 atom stereocenters. The summed E-state index contributed by atoms with van der Waals surface area (Å²) in [6, 6.07) is 6.57. The van der Waals surface area contributed by atoms with Crippen LogP contribution in [0.1, 0.15) is 38.5 Å². The molecule has 1 aliphatic carbocycles. The van der Waals surface area contributed by atoms with E-state index in [-0.39, 0.29) is 11.7 Å². The van der Waals surface area contributed by atoms with Gasteiger partial charge in [-0.25, -0.2) is 4.79 Å². The highest BCUT2D eigenvalue weighted by molar-refractivity contribution is 7.99. The minimum Gasteiger partial charge on any atom is -0.497 e. The average molecular weight is 419 g/mol. The molecular weight excluding hydrogens is 392 g/mol. The van der Waals surface area contributed by atoms with Gasteiger partial charge in [0, 0.05) is 5.69 Å². The molecule has 8 nitrogen and oxygen atoms in total. The number of amides is 1. The lowest BCUT2D eigenvalue weighted by Gasteiger charge is -2.25. The maximum Gasteiger partial charge on any atom is 0.326 e. The zero-order valence-electron chi connectivity index (χ0n) is 16.4. The smallest absolute Gasteiger partial charge is 0.326 e. The Morgan fingerprint density at radius 3 is 2.66 bits per heavy atom. The van der Waals surface area contributed by atoms with Crippen LogP contribution in [0.15, 0.2) is 35.7 Å². The second-order valence-electron chi connectivity index (χ2n) is 7.17. The fourth-order valence-corrected chi connectivity index (χ4v) is 4.33. The average Bonchev–Trinajstić information content (AvgIpc) is 3.21. The summed E-state index contributed by atoms with van der Waals surface area (Å²) in [5.41, 5.74) is 0.847. The van der Waals surface area contributed by atoms with Gasteiger partial charge in [-0.3, -0.25) is 9.36 Å². The van der Waals surface area contributed by atoms with Gasteiger partial charge in [-0.1, -0.05) is 43.9 Å². The number of nitrogens with zero attached hydrogens (tertiary/aromatic N) is 3. The van der Waals surface area contributed by atoms with E-state index in [1.165, 1.54) is 18.2 Å². The SMILES string of the molecule is COc1ccc(-n2cnnc2SCC(=O)NC(CC2CCCCC2)C(=O)O)cc1. The van der Waals surface area contributed by atoms with E-state index in [4.69, 9.17) is 4.74 Å². The van der Waals surface area contributed by atoms with Crippen LogP contribution < -0.4 is 10.1 Å². The van der Waals surface area contributed by atoms with Crippen molar-refractivity contribution in [3.8, 4) is 11.4 Å². The highest BCUT2D eigenvalue weighted by Crippen LogP contribution is 2.27. The number of aliphatic carboxylic acids is 1. The number of carbonyl (C=O) groups is 2. The van der Waals surface area contributed by atoms with Gasteiger partial charge in [0.25, 0.3) is 0 Å². The largest absolute Gasteiger partial charge is 0.497 e. The fraction of sp³-hybridized carbons (Fsp3) is 0.500. The van der Waals surface area contributed by atoms with Gasteiger partial charge in [0.05, 0.1) is 12.9 Å². The summed E-state index contributed by atoms with van der Waals surface area (Å²) in [4.78, 5) is 23.9. The third-order valence-electron chi connectivity index (χ3n) is 5.13. The minimum atomic E-state index is -0.977. The Morgan fingerprint density at radius 1 is 1.28 bits per heavy atom. The molecule has 0 radical (unpaired) electrons. The zero-order valence-corrected chi connectivity index (χ0v) is 17.2. The van der Waals surface area contributed by atoms with Crippen LogP contribution in [0.5, 0.6) is 5.75 Å². The number of rotatable bonds is 9. The minimum absolute atomic E-state index is 0.0727. The molecule has 2 N–H and O–H groups in total. The number of methoxy groups -OCH3 is 1. The number of carboxylic acid groups (broad SMARTS) is 1. The van der Waals surface area contributed by atoms with Crippen molar-refractivity contribution in [1.82, 2.24) is 20.1 Å². The molecule has 1 amide bonds. The second-order valence-corrected chi connectivity index (χ2v) is 8.11. The van der Waals surface area contributed by atoms with Gasteiger partial charge >= 0.3 is 5.97 Å². The second kappa shape index (κ2) is 10.3. The van der Waals surface area contributed by atoms with E-state index < -0.39 is 12.0 Å². The topological polar surface area (TPSA) is 106 Å². The van der Waals surface area contributed by atoms with E-state index >= 15 is 0 Å². The van der Waals surface area contributed by atoms with E-state index in [9.17, 15) is 14.7 Å². The maximum absolute atomic E-state index is 12.4. The summed E-state index contributed by atoms with van der Waals surface area (Å²) in [5.74, 6) is -0.106. The van der Waals surface area contributed by atoms with E-state index in [0.717, 1.165) is 37.1 Å². The number of carboxylic acids is 1. The Morgan fingerprint density at radius 2 is 2.00 bits per heavy atom. The monoisotopic (exact) mass is 418 g/mol. The number of aromatic nitrogens is 3. The van der Waals surface area contributed by atoms with Crippen molar-refractivity contribution >= 4 is 23.6 Å². The van der Waals surface area contributed by atoms with Crippen LogP contribution in [-0.4, -0.2) is 50.7 Å². The molecule has 1 heterocycles. The molecule has 0 spiro atoms.